The Hall–Kier alpha value is -0.850. The molecule has 0 bridgehead atoms. The fourth-order valence-corrected chi connectivity index (χ4v) is 0.366. The molecular formula is C5H8F4N2O. The van der Waals surface area contributed by atoms with Gasteiger partial charge in [0.15, 0.2) is 0 Å². The number of hydrogen-bond donors (Lipinski definition) is 2. The van der Waals surface area contributed by atoms with Crippen LogP contribution in [0.2, 0.25) is 0 Å². The zero-order valence-electron chi connectivity index (χ0n) is 5.99. The van der Waals surface area contributed by atoms with Crippen LogP contribution in [0.5, 0.6) is 0 Å². The monoisotopic (exact) mass is 188 g/mol. The van der Waals surface area contributed by atoms with E-state index in [0.29, 0.717) is 0 Å². The Kier molecular flexibility index (Phi) is 3.94. The van der Waals surface area contributed by atoms with E-state index in [4.69, 9.17) is 5.73 Å². The van der Waals surface area contributed by atoms with E-state index in [-0.39, 0.29) is 0 Å². The van der Waals surface area contributed by atoms with Crippen molar-refractivity contribution in [1.29, 1.82) is 0 Å². The van der Waals surface area contributed by atoms with Crippen molar-refractivity contribution < 1.29 is 22.4 Å². The molecule has 0 heterocycles. The van der Waals surface area contributed by atoms with Crippen LogP contribution in [-0.2, 0) is 4.79 Å². The normalized spacial score (nSPS) is 11.8. The summed E-state index contributed by atoms with van der Waals surface area (Å²) in [5, 5.41) is 1.56. The van der Waals surface area contributed by atoms with Crippen molar-refractivity contribution in [3.05, 3.63) is 0 Å². The smallest absolute Gasteiger partial charge is 0.324 e. The molecule has 0 aliphatic rings. The average Bonchev–Trinajstić information content (AvgIpc) is 2.00. The Morgan fingerprint density at radius 2 is 2.00 bits per heavy atom. The second-order valence-electron chi connectivity index (χ2n) is 2.04. The highest BCUT2D eigenvalue weighted by Crippen LogP contribution is 2.21. The molecule has 0 saturated heterocycles. The molecule has 0 radical (unpaired) electrons. The zero-order chi connectivity index (χ0) is 9.78. The molecule has 0 atom stereocenters. The molecular weight excluding hydrogens is 180 g/mol. The van der Waals surface area contributed by atoms with Crippen LogP contribution in [-0.4, -0.2) is 31.3 Å². The van der Waals surface area contributed by atoms with Crippen LogP contribution >= 0.6 is 0 Å². The molecule has 72 valence electrons. The first kappa shape index (κ1) is 11.2. The van der Waals surface area contributed by atoms with E-state index in [1.54, 1.807) is 5.32 Å². The SMILES string of the molecule is NCC(=O)NCC(F)(F)C(F)F. The van der Waals surface area contributed by atoms with Gasteiger partial charge in [0, 0.05) is 0 Å². The van der Waals surface area contributed by atoms with E-state index in [1.807, 2.05) is 0 Å². The highest BCUT2D eigenvalue weighted by Gasteiger charge is 2.40. The maximum Gasteiger partial charge on any atom is 0.324 e. The summed E-state index contributed by atoms with van der Waals surface area (Å²) in [4.78, 5) is 10.3. The Bertz CT molecular complexity index is 162. The van der Waals surface area contributed by atoms with Gasteiger partial charge in [0.25, 0.3) is 0 Å². The van der Waals surface area contributed by atoms with Crippen LogP contribution in [0.1, 0.15) is 0 Å². The lowest BCUT2D eigenvalue weighted by Crippen LogP contribution is -2.43. The summed E-state index contributed by atoms with van der Waals surface area (Å²) in [5.41, 5.74) is 4.73. The number of alkyl halides is 4. The Balaban J connectivity index is 3.83. The van der Waals surface area contributed by atoms with Gasteiger partial charge < -0.3 is 11.1 Å². The van der Waals surface area contributed by atoms with Gasteiger partial charge in [-0.15, -0.1) is 0 Å². The molecule has 0 aromatic heterocycles. The summed E-state index contributed by atoms with van der Waals surface area (Å²) in [7, 11) is 0. The maximum absolute atomic E-state index is 12.0. The fraction of sp³-hybridized carbons (Fsp3) is 0.800. The van der Waals surface area contributed by atoms with Crippen LogP contribution in [0.3, 0.4) is 0 Å². The molecule has 7 heteroatoms. The van der Waals surface area contributed by atoms with Gasteiger partial charge in [0.1, 0.15) is 0 Å². The Morgan fingerprint density at radius 3 is 2.33 bits per heavy atom. The zero-order valence-corrected chi connectivity index (χ0v) is 5.99. The molecule has 0 aliphatic carbocycles. The standard InChI is InChI=1S/C5H8F4N2O/c6-4(7)5(8,9)2-11-3(12)1-10/h4H,1-2,10H2,(H,11,12). The van der Waals surface area contributed by atoms with Gasteiger partial charge in [0.05, 0.1) is 13.1 Å². The van der Waals surface area contributed by atoms with Crippen molar-refractivity contribution >= 4 is 5.91 Å². The van der Waals surface area contributed by atoms with Crippen molar-refractivity contribution in [1.82, 2.24) is 5.32 Å². The fourth-order valence-electron chi connectivity index (χ4n) is 0.366. The van der Waals surface area contributed by atoms with E-state index < -0.39 is 31.3 Å². The van der Waals surface area contributed by atoms with Crippen molar-refractivity contribution in [2.45, 2.75) is 12.3 Å². The van der Waals surface area contributed by atoms with E-state index in [0.717, 1.165) is 0 Å². The van der Waals surface area contributed by atoms with E-state index in [9.17, 15) is 22.4 Å². The molecule has 0 spiro atoms. The summed E-state index contributed by atoms with van der Waals surface area (Å²) in [6.07, 6.45) is -3.78. The number of carbonyl (C=O) groups excluding carboxylic acids is 1. The highest BCUT2D eigenvalue weighted by molar-refractivity contribution is 5.77. The topological polar surface area (TPSA) is 55.1 Å². The number of rotatable bonds is 4. The number of halogens is 4. The van der Waals surface area contributed by atoms with Crippen molar-refractivity contribution in [2.75, 3.05) is 13.1 Å². The van der Waals surface area contributed by atoms with Gasteiger partial charge >= 0.3 is 12.3 Å². The van der Waals surface area contributed by atoms with Crippen molar-refractivity contribution in [2.24, 2.45) is 5.73 Å². The second kappa shape index (κ2) is 4.24. The number of amides is 1. The number of nitrogens with two attached hydrogens (primary N) is 1. The third-order valence-corrected chi connectivity index (χ3v) is 1.03. The molecule has 1 amide bonds. The average molecular weight is 188 g/mol. The van der Waals surface area contributed by atoms with E-state index >= 15 is 0 Å². The second-order valence-corrected chi connectivity index (χ2v) is 2.04. The lowest BCUT2D eigenvalue weighted by atomic mass is 10.3. The minimum Gasteiger partial charge on any atom is -0.349 e. The molecule has 0 unspecified atom stereocenters. The molecule has 3 N–H and O–H groups in total. The summed E-state index contributed by atoms with van der Waals surface area (Å²) < 4.78 is 46.9. The van der Waals surface area contributed by atoms with Gasteiger partial charge in [0.2, 0.25) is 5.91 Å². The molecule has 3 nitrogen and oxygen atoms in total. The highest BCUT2D eigenvalue weighted by atomic mass is 19.3. The van der Waals surface area contributed by atoms with Gasteiger partial charge in [-0.05, 0) is 0 Å². The molecule has 0 fully saturated rings. The summed E-state index contributed by atoms with van der Waals surface area (Å²) >= 11 is 0. The largest absolute Gasteiger partial charge is 0.349 e. The minimum absolute atomic E-state index is 0.501. The van der Waals surface area contributed by atoms with Crippen LogP contribution < -0.4 is 11.1 Å². The summed E-state index contributed by atoms with van der Waals surface area (Å²) in [6.45, 7) is -1.89. The van der Waals surface area contributed by atoms with Crippen LogP contribution in [0.25, 0.3) is 0 Å². The maximum atomic E-state index is 12.0. The van der Waals surface area contributed by atoms with Crippen LogP contribution in [0, 0.1) is 0 Å². The van der Waals surface area contributed by atoms with Gasteiger partial charge in [-0.1, -0.05) is 0 Å². The third kappa shape index (κ3) is 3.51. The molecule has 0 aromatic carbocycles. The quantitative estimate of drug-likeness (QED) is 0.608. The number of nitrogens with one attached hydrogen (secondary N) is 1. The Morgan fingerprint density at radius 1 is 1.50 bits per heavy atom. The molecule has 0 rings (SSSR count). The predicted octanol–water partition coefficient (Wildman–Crippen LogP) is -0.0383. The lowest BCUT2D eigenvalue weighted by molar-refractivity contribution is -0.135. The van der Waals surface area contributed by atoms with Crippen molar-refractivity contribution in [3.63, 3.8) is 0 Å². The minimum atomic E-state index is -4.19. The number of hydrogen-bond acceptors (Lipinski definition) is 2. The number of carbonyl (C=O) groups is 1. The molecule has 12 heavy (non-hydrogen) atoms. The van der Waals surface area contributed by atoms with Gasteiger partial charge in [-0.3, -0.25) is 4.79 Å². The first-order chi connectivity index (χ1) is 5.40. The molecule has 0 aliphatic heterocycles. The first-order valence-corrected chi connectivity index (χ1v) is 3.03. The third-order valence-electron chi connectivity index (χ3n) is 1.03. The molecule has 0 saturated carbocycles. The van der Waals surface area contributed by atoms with Crippen LogP contribution in [0.4, 0.5) is 17.6 Å². The summed E-state index contributed by atoms with van der Waals surface area (Å²) in [6, 6.07) is 0. The summed E-state index contributed by atoms with van der Waals surface area (Å²) in [5.74, 6) is -5.08. The van der Waals surface area contributed by atoms with Gasteiger partial charge in [-0.25, -0.2) is 8.78 Å². The predicted molar refractivity (Wildman–Crippen MR) is 33.0 cm³/mol. The lowest BCUT2D eigenvalue weighted by Gasteiger charge is -2.14. The molecule has 0 aromatic rings. The Labute approximate surface area is 65.9 Å². The first-order valence-electron chi connectivity index (χ1n) is 3.03. The van der Waals surface area contributed by atoms with Crippen molar-refractivity contribution in [3.8, 4) is 0 Å². The van der Waals surface area contributed by atoms with Gasteiger partial charge in [-0.2, -0.15) is 8.78 Å². The van der Waals surface area contributed by atoms with E-state index in [1.165, 1.54) is 0 Å². The van der Waals surface area contributed by atoms with Crippen LogP contribution in [0.15, 0.2) is 0 Å². The van der Waals surface area contributed by atoms with E-state index in [2.05, 4.69) is 0 Å².